The zero-order chi connectivity index (χ0) is 17.1. The summed E-state index contributed by atoms with van der Waals surface area (Å²) >= 11 is 0. The summed E-state index contributed by atoms with van der Waals surface area (Å²) in [5.41, 5.74) is 0. The molecule has 0 bridgehead atoms. The molecule has 3 heteroatoms. The van der Waals surface area contributed by atoms with E-state index in [9.17, 15) is 5.11 Å². The largest absolute Gasteiger partial charge is 0.392 e. The smallest absolute Gasteiger partial charge is 0.163 e. The average molecular weight is 315 g/mol. The first-order valence-corrected chi connectivity index (χ1v) is 9.03. The van der Waals surface area contributed by atoms with E-state index in [0.29, 0.717) is 24.4 Å². The molecule has 0 aliphatic carbocycles. The van der Waals surface area contributed by atoms with Crippen molar-refractivity contribution in [3.63, 3.8) is 0 Å². The Morgan fingerprint density at radius 1 is 1.09 bits per heavy atom. The van der Waals surface area contributed by atoms with Crippen molar-refractivity contribution < 1.29 is 14.6 Å². The van der Waals surface area contributed by atoms with Crippen LogP contribution in [0, 0.1) is 29.6 Å². The number of rotatable bonds is 7. The molecule has 0 aromatic rings. The van der Waals surface area contributed by atoms with Gasteiger partial charge in [-0.25, -0.2) is 0 Å². The lowest BCUT2D eigenvalue weighted by Gasteiger charge is -2.44. The Bertz CT molecular complexity index is 327. The van der Waals surface area contributed by atoms with Crippen LogP contribution < -0.4 is 0 Å². The van der Waals surface area contributed by atoms with Crippen molar-refractivity contribution in [2.24, 2.45) is 29.6 Å². The van der Waals surface area contributed by atoms with Gasteiger partial charge in [0.2, 0.25) is 0 Å². The first-order valence-electron chi connectivity index (χ1n) is 9.03. The fourth-order valence-corrected chi connectivity index (χ4v) is 3.92. The molecular weight excluding hydrogens is 276 g/mol. The van der Waals surface area contributed by atoms with E-state index in [1.165, 1.54) is 6.42 Å². The molecule has 132 valence electrons. The number of aliphatic hydroxyl groups excluding tert-OH is 1. The Hall–Kier alpha value is -0.120. The van der Waals surface area contributed by atoms with E-state index in [4.69, 9.17) is 9.47 Å². The van der Waals surface area contributed by atoms with Gasteiger partial charge < -0.3 is 14.6 Å². The minimum Gasteiger partial charge on any atom is -0.392 e. The van der Waals surface area contributed by atoms with Crippen LogP contribution in [0.5, 0.6) is 0 Å². The summed E-state index contributed by atoms with van der Waals surface area (Å²) in [4.78, 5) is 0. The van der Waals surface area contributed by atoms with Crippen molar-refractivity contribution in [1.82, 2.24) is 0 Å². The summed E-state index contributed by atoms with van der Waals surface area (Å²) in [6.07, 6.45) is 2.03. The lowest BCUT2D eigenvalue weighted by molar-refractivity contribution is -0.304. The second-order valence-corrected chi connectivity index (χ2v) is 8.57. The summed E-state index contributed by atoms with van der Waals surface area (Å²) in [6.45, 7) is 17.9. The number of hydrogen-bond acceptors (Lipinski definition) is 3. The second-order valence-electron chi connectivity index (χ2n) is 8.57. The molecule has 0 aromatic carbocycles. The number of ether oxygens (including phenoxy) is 2. The van der Waals surface area contributed by atoms with Crippen LogP contribution in [-0.2, 0) is 9.47 Å². The quantitative estimate of drug-likeness (QED) is 0.753. The minimum atomic E-state index is -0.542. The standard InChI is InChI=1S/C19H38O3/c1-12(2)9-13(3)10-14(4)17(20)16(6)18-15(5)11-21-19(7,8)22-18/h12-18,20H,9-11H2,1-8H3/t13-,14-,15-,16-,17-,18-/m0/s1. The van der Waals surface area contributed by atoms with Gasteiger partial charge >= 0.3 is 0 Å². The van der Waals surface area contributed by atoms with Gasteiger partial charge in [-0.1, -0.05) is 41.5 Å². The van der Waals surface area contributed by atoms with E-state index in [0.717, 1.165) is 12.3 Å². The van der Waals surface area contributed by atoms with Gasteiger partial charge in [-0.3, -0.25) is 0 Å². The topological polar surface area (TPSA) is 38.7 Å². The Morgan fingerprint density at radius 3 is 2.23 bits per heavy atom. The number of aliphatic hydroxyl groups is 1. The third-order valence-electron chi connectivity index (χ3n) is 4.96. The molecule has 1 fully saturated rings. The first kappa shape index (κ1) is 19.9. The third kappa shape index (κ3) is 5.82. The minimum absolute atomic E-state index is 0.0570. The second kappa shape index (κ2) is 8.12. The molecule has 0 aromatic heterocycles. The predicted molar refractivity (Wildman–Crippen MR) is 91.6 cm³/mol. The molecule has 0 spiro atoms. The SMILES string of the molecule is CC(C)C[C@H](C)C[C@H](C)[C@H](O)[C@H](C)[C@H]1OC(C)(C)OC[C@@H]1C. The van der Waals surface area contributed by atoms with E-state index >= 15 is 0 Å². The van der Waals surface area contributed by atoms with E-state index in [2.05, 4.69) is 41.5 Å². The van der Waals surface area contributed by atoms with Crippen LogP contribution >= 0.6 is 0 Å². The van der Waals surface area contributed by atoms with E-state index in [1.807, 2.05) is 13.8 Å². The molecule has 0 saturated carbocycles. The van der Waals surface area contributed by atoms with Gasteiger partial charge in [0.15, 0.2) is 5.79 Å². The highest BCUT2D eigenvalue weighted by Gasteiger charge is 2.40. The van der Waals surface area contributed by atoms with Gasteiger partial charge in [-0.15, -0.1) is 0 Å². The Balaban J connectivity index is 2.60. The van der Waals surface area contributed by atoms with Crippen LogP contribution in [-0.4, -0.2) is 29.7 Å². The third-order valence-corrected chi connectivity index (χ3v) is 4.96. The first-order chi connectivity index (χ1) is 10.0. The van der Waals surface area contributed by atoms with Crippen LogP contribution in [0.3, 0.4) is 0 Å². The highest BCUT2D eigenvalue weighted by molar-refractivity contribution is 4.85. The highest BCUT2D eigenvalue weighted by Crippen LogP contribution is 2.34. The molecular formula is C19H38O3. The zero-order valence-electron chi connectivity index (χ0n) is 15.9. The van der Waals surface area contributed by atoms with Gasteiger partial charge in [-0.05, 0) is 44.4 Å². The van der Waals surface area contributed by atoms with Crippen LogP contribution in [0.15, 0.2) is 0 Å². The summed E-state index contributed by atoms with van der Waals surface area (Å²) in [5, 5.41) is 10.8. The van der Waals surface area contributed by atoms with Gasteiger partial charge in [0, 0.05) is 11.8 Å². The average Bonchev–Trinajstić information content (AvgIpc) is 2.38. The molecule has 1 heterocycles. The molecule has 1 saturated heterocycles. The van der Waals surface area contributed by atoms with Crippen molar-refractivity contribution >= 4 is 0 Å². The van der Waals surface area contributed by atoms with E-state index < -0.39 is 5.79 Å². The monoisotopic (exact) mass is 314 g/mol. The van der Waals surface area contributed by atoms with E-state index in [1.54, 1.807) is 0 Å². The maximum Gasteiger partial charge on any atom is 0.163 e. The molecule has 3 nitrogen and oxygen atoms in total. The Morgan fingerprint density at radius 2 is 1.68 bits per heavy atom. The number of hydrogen-bond donors (Lipinski definition) is 1. The fraction of sp³-hybridized carbons (Fsp3) is 1.00. The molecule has 1 N–H and O–H groups in total. The van der Waals surface area contributed by atoms with Gasteiger partial charge in [0.25, 0.3) is 0 Å². The van der Waals surface area contributed by atoms with Crippen LogP contribution in [0.4, 0.5) is 0 Å². The summed E-state index contributed by atoms with van der Waals surface area (Å²) < 4.78 is 11.8. The van der Waals surface area contributed by atoms with E-state index in [-0.39, 0.29) is 18.1 Å². The van der Waals surface area contributed by atoms with Gasteiger partial charge in [0.1, 0.15) is 0 Å². The van der Waals surface area contributed by atoms with Crippen molar-refractivity contribution in [3.05, 3.63) is 0 Å². The van der Waals surface area contributed by atoms with Crippen LogP contribution in [0.1, 0.15) is 68.2 Å². The van der Waals surface area contributed by atoms with Crippen molar-refractivity contribution in [2.75, 3.05) is 6.61 Å². The zero-order valence-corrected chi connectivity index (χ0v) is 15.9. The lowest BCUT2D eigenvalue weighted by atomic mass is 9.79. The summed E-state index contributed by atoms with van der Waals surface area (Å²) in [7, 11) is 0. The molecule has 0 amide bonds. The maximum atomic E-state index is 10.8. The van der Waals surface area contributed by atoms with Crippen molar-refractivity contribution in [1.29, 1.82) is 0 Å². The Kier molecular flexibility index (Phi) is 7.35. The molecule has 0 unspecified atom stereocenters. The van der Waals surface area contributed by atoms with Crippen molar-refractivity contribution in [2.45, 2.75) is 86.2 Å². The highest BCUT2D eigenvalue weighted by atomic mass is 16.7. The normalized spacial score (nSPS) is 30.8. The molecule has 0 radical (unpaired) electrons. The fourth-order valence-electron chi connectivity index (χ4n) is 3.92. The lowest BCUT2D eigenvalue weighted by Crippen LogP contribution is -2.50. The van der Waals surface area contributed by atoms with Gasteiger partial charge in [-0.2, -0.15) is 0 Å². The molecule has 1 rings (SSSR count). The molecule has 6 atom stereocenters. The van der Waals surface area contributed by atoms with Crippen LogP contribution in [0.25, 0.3) is 0 Å². The summed E-state index contributed by atoms with van der Waals surface area (Å²) in [5.74, 6) is 1.57. The molecule has 1 aliphatic rings. The van der Waals surface area contributed by atoms with Crippen LogP contribution in [0.2, 0.25) is 0 Å². The van der Waals surface area contributed by atoms with Crippen molar-refractivity contribution in [3.8, 4) is 0 Å². The predicted octanol–water partition coefficient (Wildman–Crippen LogP) is 4.48. The summed E-state index contributed by atoms with van der Waals surface area (Å²) in [6, 6.07) is 0. The molecule has 1 aliphatic heterocycles. The maximum absolute atomic E-state index is 10.8. The molecule has 22 heavy (non-hydrogen) atoms. The Labute approximate surface area is 137 Å². The van der Waals surface area contributed by atoms with Gasteiger partial charge in [0.05, 0.1) is 18.8 Å².